The van der Waals surface area contributed by atoms with Crippen molar-refractivity contribution >= 4 is 0 Å². The average Bonchev–Trinajstić information content (AvgIpc) is 2.56. The molecule has 2 aromatic heterocycles. The average molecular weight is 161 g/mol. The van der Waals surface area contributed by atoms with E-state index in [1.165, 1.54) is 6.33 Å². The van der Waals surface area contributed by atoms with E-state index in [4.69, 9.17) is 0 Å². The van der Waals surface area contributed by atoms with Crippen LogP contribution in [-0.2, 0) is 0 Å². The number of hydrogen-bond acceptors (Lipinski definition) is 4. The van der Waals surface area contributed by atoms with Crippen LogP contribution < -0.4 is 0 Å². The molecule has 2 heterocycles. The Morgan fingerprint density at radius 3 is 3.00 bits per heavy atom. The molecule has 0 saturated carbocycles. The molecular weight excluding hydrogens is 154 g/mol. The predicted molar refractivity (Wildman–Crippen MR) is 41.7 cm³/mol. The van der Waals surface area contributed by atoms with Crippen LogP contribution >= 0.6 is 0 Å². The molecule has 2 rings (SSSR count). The first kappa shape index (κ1) is 6.90. The van der Waals surface area contributed by atoms with Gasteiger partial charge in [-0.2, -0.15) is 10.2 Å². The van der Waals surface area contributed by atoms with Crippen LogP contribution in [0, 0.1) is 6.92 Å². The Balaban J connectivity index is 2.48. The lowest BCUT2D eigenvalue weighted by molar-refractivity contribution is 0.809. The van der Waals surface area contributed by atoms with E-state index >= 15 is 0 Å². The van der Waals surface area contributed by atoms with Crippen molar-refractivity contribution in [1.29, 1.82) is 0 Å². The number of hydrogen-bond donors (Lipinski definition) is 0. The Labute approximate surface area is 69.1 Å². The highest BCUT2D eigenvalue weighted by Gasteiger charge is 1.97. The molecule has 0 spiro atoms. The first-order chi connectivity index (χ1) is 5.86. The molecule has 0 N–H and O–H groups in total. The predicted octanol–water partition coefficient (Wildman–Crippen LogP) is 0.366. The van der Waals surface area contributed by atoms with Gasteiger partial charge >= 0.3 is 0 Å². The Morgan fingerprint density at radius 1 is 1.42 bits per heavy atom. The molecule has 2 aromatic rings. The molecule has 0 aliphatic heterocycles. The van der Waals surface area contributed by atoms with Gasteiger partial charge in [0.1, 0.15) is 12.7 Å². The minimum absolute atomic E-state index is 0.688. The zero-order chi connectivity index (χ0) is 8.39. The summed E-state index contributed by atoms with van der Waals surface area (Å²) < 4.78 is 1.57. The van der Waals surface area contributed by atoms with E-state index in [0.29, 0.717) is 5.82 Å². The van der Waals surface area contributed by atoms with Gasteiger partial charge in [-0.05, 0) is 18.6 Å². The lowest BCUT2D eigenvalue weighted by atomic mass is 10.3. The van der Waals surface area contributed by atoms with E-state index < -0.39 is 0 Å². The summed E-state index contributed by atoms with van der Waals surface area (Å²) >= 11 is 0. The van der Waals surface area contributed by atoms with Crippen LogP contribution in [-0.4, -0.2) is 25.0 Å². The second-order valence-corrected chi connectivity index (χ2v) is 2.43. The maximum Gasteiger partial charge on any atom is 0.177 e. The van der Waals surface area contributed by atoms with E-state index in [1.807, 2.05) is 13.0 Å². The van der Waals surface area contributed by atoms with Gasteiger partial charge in [-0.3, -0.25) is 0 Å². The third-order valence-corrected chi connectivity index (χ3v) is 1.43. The largest absolute Gasteiger partial charge is 0.223 e. The van der Waals surface area contributed by atoms with Gasteiger partial charge in [0.05, 0.1) is 6.20 Å². The van der Waals surface area contributed by atoms with E-state index in [9.17, 15) is 0 Å². The van der Waals surface area contributed by atoms with Crippen LogP contribution in [0.2, 0.25) is 0 Å². The molecule has 0 fully saturated rings. The standard InChI is InChI=1S/C7H7N5/c1-6-2-7(11-9-3-6)12-5-8-4-10-12/h2-5H,1H3. The van der Waals surface area contributed by atoms with Crippen molar-refractivity contribution in [3.8, 4) is 5.82 Å². The molecule has 0 amide bonds. The molecular formula is C7H7N5. The second kappa shape index (κ2) is 2.69. The highest BCUT2D eigenvalue weighted by molar-refractivity contribution is 5.21. The lowest BCUT2D eigenvalue weighted by Gasteiger charge is -1.97. The summed E-state index contributed by atoms with van der Waals surface area (Å²) in [5, 5.41) is 11.6. The van der Waals surface area contributed by atoms with E-state index in [0.717, 1.165) is 5.56 Å². The molecule has 5 nitrogen and oxygen atoms in total. The lowest BCUT2D eigenvalue weighted by Crippen LogP contribution is -1.99. The van der Waals surface area contributed by atoms with Crippen LogP contribution in [0.25, 0.3) is 5.82 Å². The molecule has 0 bridgehead atoms. The fraction of sp³-hybridized carbons (Fsp3) is 0.143. The van der Waals surface area contributed by atoms with Crippen molar-refractivity contribution in [2.75, 3.05) is 0 Å². The van der Waals surface area contributed by atoms with Crippen molar-refractivity contribution < 1.29 is 0 Å². The van der Waals surface area contributed by atoms with Crippen molar-refractivity contribution in [1.82, 2.24) is 25.0 Å². The topological polar surface area (TPSA) is 56.5 Å². The summed E-state index contributed by atoms with van der Waals surface area (Å²) in [4.78, 5) is 3.81. The van der Waals surface area contributed by atoms with Gasteiger partial charge in [0, 0.05) is 0 Å². The Kier molecular flexibility index (Phi) is 1.55. The molecule has 0 aromatic carbocycles. The molecule has 0 aliphatic carbocycles. The van der Waals surface area contributed by atoms with Crippen LogP contribution in [0.5, 0.6) is 0 Å². The van der Waals surface area contributed by atoms with Crippen molar-refractivity contribution in [3.05, 3.63) is 30.5 Å². The monoisotopic (exact) mass is 161 g/mol. The third-order valence-electron chi connectivity index (χ3n) is 1.43. The summed E-state index contributed by atoms with van der Waals surface area (Å²) in [5.41, 5.74) is 1.05. The van der Waals surface area contributed by atoms with Crippen molar-refractivity contribution in [2.24, 2.45) is 0 Å². The van der Waals surface area contributed by atoms with E-state index in [1.54, 1.807) is 17.2 Å². The fourth-order valence-electron chi connectivity index (χ4n) is 0.887. The molecule has 60 valence electrons. The third kappa shape index (κ3) is 1.16. The molecule has 12 heavy (non-hydrogen) atoms. The Hall–Kier alpha value is -1.78. The van der Waals surface area contributed by atoms with Crippen LogP contribution in [0.4, 0.5) is 0 Å². The molecule has 0 aliphatic rings. The first-order valence-corrected chi connectivity index (χ1v) is 3.50. The fourth-order valence-corrected chi connectivity index (χ4v) is 0.887. The van der Waals surface area contributed by atoms with Crippen LogP contribution in [0.3, 0.4) is 0 Å². The smallest absolute Gasteiger partial charge is 0.177 e. The van der Waals surface area contributed by atoms with E-state index in [2.05, 4.69) is 20.3 Å². The van der Waals surface area contributed by atoms with E-state index in [-0.39, 0.29) is 0 Å². The number of rotatable bonds is 1. The minimum Gasteiger partial charge on any atom is -0.223 e. The van der Waals surface area contributed by atoms with Gasteiger partial charge in [0.25, 0.3) is 0 Å². The highest BCUT2D eigenvalue weighted by Crippen LogP contribution is 2.00. The SMILES string of the molecule is Cc1cnnc(-n2cncn2)c1. The molecule has 5 heteroatoms. The van der Waals surface area contributed by atoms with Crippen molar-refractivity contribution in [2.45, 2.75) is 6.92 Å². The summed E-state index contributed by atoms with van der Waals surface area (Å²) in [5.74, 6) is 0.688. The first-order valence-electron chi connectivity index (χ1n) is 3.50. The van der Waals surface area contributed by atoms with Gasteiger partial charge in [-0.15, -0.1) is 5.10 Å². The highest BCUT2D eigenvalue weighted by atomic mass is 15.4. The maximum absolute atomic E-state index is 3.93. The molecule has 0 radical (unpaired) electrons. The number of nitrogens with zero attached hydrogens (tertiary/aromatic N) is 5. The molecule has 0 saturated heterocycles. The van der Waals surface area contributed by atoms with Gasteiger partial charge in [-0.1, -0.05) is 0 Å². The van der Waals surface area contributed by atoms with Gasteiger partial charge in [0.2, 0.25) is 0 Å². The summed E-state index contributed by atoms with van der Waals surface area (Å²) in [6, 6.07) is 1.89. The van der Waals surface area contributed by atoms with Crippen LogP contribution in [0.1, 0.15) is 5.56 Å². The summed E-state index contributed by atoms with van der Waals surface area (Å²) in [6.07, 6.45) is 4.74. The van der Waals surface area contributed by atoms with Gasteiger partial charge < -0.3 is 0 Å². The maximum atomic E-state index is 3.93. The Bertz CT molecular complexity index is 367. The summed E-state index contributed by atoms with van der Waals surface area (Å²) in [7, 11) is 0. The van der Waals surface area contributed by atoms with Gasteiger partial charge in [0.15, 0.2) is 5.82 Å². The number of aryl methyl sites for hydroxylation is 1. The molecule has 0 unspecified atom stereocenters. The van der Waals surface area contributed by atoms with Crippen LogP contribution in [0.15, 0.2) is 24.9 Å². The zero-order valence-electron chi connectivity index (χ0n) is 6.55. The summed E-state index contributed by atoms with van der Waals surface area (Å²) in [6.45, 7) is 1.95. The quantitative estimate of drug-likeness (QED) is 0.606. The normalized spacial score (nSPS) is 10.1. The van der Waals surface area contributed by atoms with Gasteiger partial charge in [-0.25, -0.2) is 9.67 Å². The molecule has 0 atom stereocenters. The Morgan fingerprint density at radius 2 is 2.33 bits per heavy atom. The second-order valence-electron chi connectivity index (χ2n) is 2.43. The zero-order valence-corrected chi connectivity index (χ0v) is 6.55. The minimum atomic E-state index is 0.688. The number of aromatic nitrogens is 5. The van der Waals surface area contributed by atoms with Crippen molar-refractivity contribution in [3.63, 3.8) is 0 Å².